The highest BCUT2D eigenvalue weighted by atomic mass is 32.2. The molecule has 3 aliphatic carbocycles. The van der Waals surface area contributed by atoms with Crippen molar-refractivity contribution in [2.45, 2.75) is 75.0 Å². The van der Waals surface area contributed by atoms with Gasteiger partial charge in [0.15, 0.2) is 0 Å². The number of methoxy groups -OCH3 is 1. The van der Waals surface area contributed by atoms with Gasteiger partial charge in [-0.2, -0.15) is 0 Å². The quantitative estimate of drug-likeness (QED) is 0.260. The second-order valence-corrected chi connectivity index (χ2v) is 16.9. The zero-order chi connectivity index (χ0) is 34.2. The van der Waals surface area contributed by atoms with E-state index in [1.807, 2.05) is 41.3 Å². The lowest BCUT2D eigenvalue weighted by Gasteiger charge is -2.37. The number of fused-ring (bicyclic) bond motifs is 7. The summed E-state index contributed by atoms with van der Waals surface area (Å²) in [4.78, 5) is 37.1. The average Bonchev–Trinajstić information content (AvgIpc) is 4.08. The van der Waals surface area contributed by atoms with Crippen LogP contribution in [0.3, 0.4) is 0 Å². The van der Waals surface area contributed by atoms with Gasteiger partial charge >= 0.3 is 0 Å². The molecule has 2 aliphatic heterocycles. The average molecular weight is 694 g/mol. The van der Waals surface area contributed by atoms with Gasteiger partial charge in [-0.3, -0.25) is 9.59 Å². The molecule has 0 radical (unpaired) electrons. The summed E-state index contributed by atoms with van der Waals surface area (Å²) >= 11 is 0. The van der Waals surface area contributed by atoms with E-state index in [-0.39, 0.29) is 11.8 Å². The Hall–Kier alpha value is -4.38. The third-order valence-electron chi connectivity index (χ3n) is 11.9. The number of benzene rings is 2. The zero-order valence-corrected chi connectivity index (χ0v) is 29.3. The van der Waals surface area contributed by atoms with Crippen LogP contribution in [-0.2, 0) is 21.4 Å². The van der Waals surface area contributed by atoms with Crippen molar-refractivity contribution < 1.29 is 22.7 Å². The fourth-order valence-corrected chi connectivity index (χ4v) is 10.4. The van der Waals surface area contributed by atoms with Gasteiger partial charge in [0.25, 0.3) is 5.91 Å². The lowest BCUT2D eigenvalue weighted by molar-refractivity contribution is -0.138. The van der Waals surface area contributed by atoms with Crippen molar-refractivity contribution in [1.29, 1.82) is 0 Å². The second-order valence-electron chi connectivity index (χ2n) is 14.9. The van der Waals surface area contributed by atoms with Crippen LogP contribution in [-0.4, -0.2) is 73.2 Å². The lowest BCUT2D eigenvalue weighted by atomic mass is 9.81. The number of hydrogen-bond acceptors (Lipinski definition) is 7. The number of sulfonamides is 1. The van der Waals surface area contributed by atoms with Gasteiger partial charge in [0.05, 0.1) is 23.5 Å². The van der Waals surface area contributed by atoms with Crippen LogP contribution in [0, 0.1) is 5.41 Å². The molecule has 2 aromatic carbocycles. The van der Waals surface area contributed by atoms with Crippen molar-refractivity contribution in [2.75, 3.05) is 38.2 Å². The molecule has 10 nitrogen and oxygen atoms in total. The van der Waals surface area contributed by atoms with E-state index in [2.05, 4.69) is 31.3 Å². The highest BCUT2D eigenvalue weighted by Gasteiger charge is 2.64. The minimum absolute atomic E-state index is 0.0400. The second kappa shape index (κ2) is 11.9. The van der Waals surface area contributed by atoms with Gasteiger partial charge in [-0.15, -0.1) is 0 Å². The Kier molecular flexibility index (Phi) is 7.49. The molecule has 2 aromatic heterocycles. The van der Waals surface area contributed by atoms with Gasteiger partial charge in [0.2, 0.25) is 15.9 Å². The summed E-state index contributed by atoms with van der Waals surface area (Å²) in [5, 5.41) is 0.593. The number of anilines is 1. The maximum Gasteiger partial charge on any atom is 0.264 e. The number of carbonyl (C=O) groups is 2. The molecule has 3 saturated carbocycles. The van der Waals surface area contributed by atoms with Crippen LogP contribution in [0.1, 0.15) is 84.7 Å². The molecule has 2 unspecified atom stereocenters. The van der Waals surface area contributed by atoms with Gasteiger partial charge in [-0.05, 0) is 91.6 Å². The molecule has 4 heterocycles. The number of pyridine rings is 1. The van der Waals surface area contributed by atoms with Crippen LogP contribution in [0.2, 0.25) is 0 Å². The molecule has 0 spiro atoms. The third-order valence-corrected chi connectivity index (χ3v) is 13.8. The Labute approximate surface area is 292 Å². The molecule has 1 saturated heterocycles. The predicted molar refractivity (Wildman–Crippen MR) is 192 cm³/mol. The fraction of sp³-hybridized carbons (Fsp3) is 0.462. The number of aromatic nitrogens is 2. The van der Waals surface area contributed by atoms with Crippen molar-refractivity contribution in [1.82, 2.24) is 19.2 Å². The Morgan fingerprint density at radius 1 is 0.940 bits per heavy atom. The van der Waals surface area contributed by atoms with Crippen molar-refractivity contribution >= 4 is 38.6 Å². The molecule has 1 N–H and O–H groups in total. The van der Waals surface area contributed by atoms with Gasteiger partial charge in [0, 0.05) is 66.9 Å². The molecule has 2 atom stereocenters. The van der Waals surface area contributed by atoms with Gasteiger partial charge < -0.3 is 19.1 Å². The van der Waals surface area contributed by atoms with Gasteiger partial charge in [-0.25, -0.2) is 18.1 Å². The molecule has 5 aliphatic rings. The van der Waals surface area contributed by atoms with E-state index in [0.717, 1.165) is 71.6 Å². The number of piperazine rings is 1. The van der Waals surface area contributed by atoms with Crippen LogP contribution in [0.25, 0.3) is 22.2 Å². The summed E-state index contributed by atoms with van der Waals surface area (Å²) in [6.07, 6.45) is 9.45. The van der Waals surface area contributed by atoms with Crippen molar-refractivity contribution in [3.05, 3.63) is 77.5 Å². The number of ether oxygens (including phenoxy) is 1. The molecule has 9 rings (SSSR count). The van der Waals surface area contributed by atoms with Crippen molar-refractivity contribution in [3.8, 4) is 17.0 Å². The standard InChI is InChI=1S/C39H43N5O5S/c1-49-27-11-15-29-31(22-27)32-23-39(32,38(46)43-19-17-42(18-20-43)34-9-5-6-16-40-34)24-44-33-21-26(37(45)41-50(47,48)28-12-13-28)10-14-30(33)35(36(29)44)25-7-3-2-4-8-25/h5-6,9-11,14-16,21-22,25,28,32H,2-4,7-8,12-13,17-20,23-24H2,1H3,(H,41,45). The highest BCUT2D eigenvalue weighted by molar-refractivity contribution is 7.91. The number of nitrogens with zero attached hydrogens (tertiary/aromatic N) is 4. The number of nitrogens with one attached hydrogen (secondary N) is 1. The van der Waals surface area contributed by atoms with E-state index in [1.54, 1.807) is 19.4 Å². The topological polar surface area (TPSA) is 114 Å². The number of carbonyl (C=O) groups excluding carboxylic acids is 2. The summed E-state index contributed by atoms with van der Waals surface area (Å²) in [6, 6.07) is 17.9. The van der Waals surface area contributed by atoms with E-state index < -0.39 is 26.6 Å². The third kappa shape index (κ3) is 5.18. The first-order chi connectivity index (χ1) is 24.3. The smallest absolute Gasteiger partial charge is 0.264 e. The van der Waals surface area contributed by atoms with E-state index in [9.17, 15) is 18.0 Å². The highest BCUT2D eigenvalue weighted by Crippen LogP contribution is 2.66. The first-order valence-electron chi connectivity index (χ1n) is 18.1. The minimum atomic E-state index is -3.70. The van der Waals surface area contributed by atoms with E-state index in [4.69, 9.17) is 4.74 Å². The zero-order valence-electron chi connectivity index (χ0n) is 28.4. The SMILES string of the molecule is COc1ccc2c(c1)C1CC1(C(=O)N1CCN(c3ccccn3)CC1)Cn1c-2c(C2CCCCC2)c2ccc(C(=O)NS(=O)(=O)C3CC3)cc21. The summed E-state index contributed by atoms with van der Waals surface area (Å²) in [7, 11) is -2.02. The molecule has 50 heavy (non-hydrogen) atoms. The molecule has 11 heteroatoms. The number of rotatable bonds is 7. The van der Waals surface area contributed by atoms with E-state index >= 15 is 0 Å². The van der Waals surface area contributed by atoms with Crippen molar-refractivity contribution in [2.24, 2.45) is 5.41 Å². The van der Waals surface area contributed by atoms with Gasteiger partial charge in [-0.1, -0.05) is 31.4 Å². The Morgan fingerprint density at radius 2 is 1.74 bits per heavy atom. The summed E-state index contributed by atoms with van der Waals surface area (Å²) in [6.45, 7) is 3.19. The molecule has 260 valence electrons. The lowest BCUT2D eigenvalue weighted by Crippen LogP contribution is -2.51. The first kappa shape index (κ1) is 31.6. The molecule has 4 aromatic rings. The molecular weight excluding hydrogens is 651 g/mol. The Morgan fingerprint density at radius 3 is 2.46 bits per heavy atom. The Bertz CT molecular complexity index is 2110. The maximum atomic E-state index is 14.8. The maximum absolute atomic E-state index is 14.8. The first-order valence-corrected chi connectivity index (χ1v) is 19.7. The van der Waals surface area contributed by atoms with E-state index in [1.165, 1.54) is 24.8 Å². The molecular formula is C39H43N5O5S. The summed E-state index contributed by atoms with van der Waals surface area (Å²) < 4.78 is 35.9. The number of hydrogen-bond donors (Lipinski definition) is 1. The normalized spacial score (nSPS) is 23.4. The molecule has 2 amide bonds. The van der Waals surface area contributed by atoms with Crippen LogP contribution < -0.4 is 14.4 Å². The fourth-order valence-electron chi connectivity index (χ4n) is 9.07. The van der Waals surface area contributed by atoms with Crippen molar-refractivity contribution in [3.63, 3.8) is 0 Å². The monoisotopic (exact) mass is 693 g/mol. The summed E-state index contributed by atoms with van der Waals surface area (Å²) in [5.41, 5.74) is 5.26. The molecule has 4 fully saturated rings. The Balaban J connectivity index is 1.15. The van der Waals surface area contributed by atoms with Crippen LogP contribution in [0.5, 0.6) is 5.75 Å². The van der Waals surface area contributed by atoms with E-state index in [0.29, 0.717) is 44.0 Å². The number of amides is 2. The predicted octanol–water partition coefficient (Wildman–Crippen LogP) is 5.82. The largest absolute Gasteiger partial charge is 0.497 e. The van der Waals surface area contributed by atoms with Crippen LogP contribution >= 0.6 is 0 Å². The molecule has 0 bridgehead atoms. The van der Waals surface area contributed by atoms with Crippen LogP contribution in [0.4, 0.5) is 5.82 Å². The summed E-state index contributed by atoms with van der Waals surface area (Å²) in [5.74, 6) is 1.68. The van der Waals surface area contributed by atoms with Crippen LogP contribution in [0.15, 0.2) is 60.8 Å². The van der Waals surface area contributed by atoms with Gasteiger partial charge in [0.1, 0.15) is 11.6 Å². The minimum Gasteiger partial charge on any atom is -0.497 e.